The molecule has 0 spiro atoms. The molecule has 0 aliphatic carbocycles. The van der Waals surface area contributed by atoms with Crippen molar-refractivity contribution in [3.05, 3.63) is 35.4 Å². The highest BCUT2D eigenvalue weighted by Crippen LogP contribution is 2.25. The highest BCUT2D eigenvalue weighted by atomic mass is 32.2. The van der Waals surface area contributed by atoms with Crippen LogP contribution in [0.15, 0.2) is 24.3 Å². The predicted molar refractivity (Wildman–Crippen MR) is 95.8 cm³/mol. The van der Waals surface area contributed by atoms with E-state index in [1.54, 1.807) is 11.8 Å². The molecule has 23 heavy (non-hydrogen) atoms. The van der Waals surface area contributed by atoms with E-state index in [4.69, 9.17) is 5.11 Å². The third-order valence-corrected chi connectivity index (χ3v) is 4.57. The summed E-state index contributed by atoms with van der Waals surface area (Å²) in [7, 11) is 0. The molecule has 4 nitrogen and oxygen atoms in total. The largest absolute Gasteiger partial charge is 0.481 e. The lowest BCUT2D eigenvalue weighted by molar-refractivity contribution is -0.137. The van der Waals surface area contributed by atoms with Crippen LogP contribution in [0.4, 0.5) is 0 Å². The number of amides is 1. The summed E-state index contributed by atoms with van der Waals surface area (Å²) in [5.41, 5.74) is 2.04. The fourth-order valence-corrected chi connectivity index (χ4v) is 2.93. The van der Waals surface area contributed by atoms with Crippen molar-refractivity contribution >= 4 is 23.6 Å². The fourth-order valence-electron chi connectivity index (χ4n) is 2.28. The SMILES string of the molecule is CSCC(C)C(=O)NC(CC(=O)O)c1ccc(C(C)(C)C)cc1. The van der Waals surface area contributed by atoms with Crippen molar-refractivity contribution < 1.29 is 14.7 Å². The third-order valence-electron chi connectivity index (χ3n) is 3.74. The molecule has 0 saturated heterocycles. The molecule has 0 aliphatic heterocycles. The zero-order valence-electron chi connectivity index (χ0n) is 14.6. The lowest BCUT2D eigenvalue weighted by Crippen LogP contribution is -2.35. The summed E-state index contributed by atoms with van der Waals surface area (Å²) in [6.45, 7) is 8.24. The molecule has 0 fully saturated rings. The number of hydrogen-bond donors (Lipinski definition) is 2. The topological polar surface area (TPSA) is 66.4 Å². The zero-order chi connectivity index (χ0) is 17.6. The van der Waals surface area contributed by atoms with Gasteiger partial charge in [0.25, 0.3) is 0 Å². The van der Waals surface area contributed by atoms with Crippen molar-refractivity contribution in [3.63, 3.8) is 0 Å². The summed E-state index contributed by atoms with van der Waals surface area (Å²) >= 11 is 1.60. The normalized spacial score (nSPS) is 14.1. The average Bonchev–Trinajstić information content (AvgIpc) is 2.45. The van der Waals surface area contributed by atoms with E-state index in [-0.39, 0.29) is 23.7 Å². The van der Waals surface area contributed by atoms with Gasteiger partial charge in [-0.1, -0.05) is 52.0 Å². The first-order valence-electron chi connectivity index (χ1n) is 7.76. The van der Waals surface area contributed by atoms with Gasteiger partial charge in [0.1, 0.15) is 0 Å². The number of hydrogen-bond acceptors (Lipinski definition) is 3. The Labute approximate surface area is 143 Å². The molecule has 1 aromatic rings. The molecule has 2 atom stereocenters. The third kappa shape index (κ3) is 6.26. The Hall–Kier alpha value is -1.49. The molecule has 128 valence electrons. The van der Waals surface area contributed by atoms with Crippen LogP contribution in [0.2, 0.25) is 0 Å². The van der Waals surface area contributed by atoms with Crippen molar-refractivity contribution in [2.45, 2.75) is 45.6 Å². The number of carbonyl (C=O) groups excluding carboxylic acids is 1. The molecular formula is C18H27NO3S. The van der Waals surface area contributed by atoms with Gasteiger partial charge in [0.15, 0.2) is 0 Å². The Kier molecular flexibility index (Phi) is 7.13. The van der Waals surface area contributed by atoms with Crippen LogP contribution in [-0.4, -0.2) is 29.0 Å². The van der Waals surface area contributed by atoms with Gasteiger partial charge in [-0.15, -0.1) is 0 Å². The van der Waals surface area contributed by atoms with Crippen molar-refractivity contribution in [1.82, 2.24) is 5.32 Å². The van der Waals surface area contributed by atoms with Crippen LogP contribution in [0.3, 0.4) is 0 Å². The minimum atomic E-state index is -0.923. The maximum atomic E-state index is 12.2. The van der Waals surface area contributed by atoms with Crippen LogP contribution < -0.4 is 5.32 Å². The van der Waals surface area contributed by atoms with Gasteiger partial charge in [-0.25, -0.2) is 0 Å². The molecule has 0 radical (unpaired) electrons. The molecule has 2 N–H and O–H groups in total. The number of carbonyl (C=O) groups is 2. The molecular weight excluding hydrogens is 310 g/mol. The van der Waals surface area contributed by atoms with Crippen LogP contribution in [0.5, 0.6) is 0 Å². The van der Waals surface area contributed by atoms with E-state index in [9.17, 15) is 9.59 Å². The van der Waals surface area contributed by atoms with E-state index < -0.39 is 12.0 Å². The quantitative estimate of drug-likeness (QED) is 0.797. The van der Waals surface area contributed by atoms with Crippen LogP contribution in [0.1, 0.15) is 51.3 Å². The molecule has 1 aromatic carbocycles. The first-order chi connectivity index (χ1) is 10.6. The average molecular weight is 337 g/mol. The van der Waals surface area contributed by atoms with E-state index in [1.807, 2.05) is 37.4 Å². The second-order valence-electron chi connectivity index (χ2n) is 6.89. The van der Waals surface area contributed by atoms with Crippen molar-refractivity contribution in [2.75, 3.05) is 12.0 Å². The van der Waals surface area contributed by atoms with Crippen LogP contribution in [0.25, 0.3) is 0 Å². The molecule has 0 saturated carbocycles. The first-order valence-corrected chi connectivity index (χ1v) is 9.16. The van der Waals surface area contributed by atoms with Crippen molar-refractivity contribution in [3.8, 4) is 0 Å². The smallest absolute Gasteiger partial charge is 0.305 e. The van der Waals surface area contributed by atoms with Crippen LogP contribution in [0, 0.1) is 5.92 Å². The maximum Gasteiger partial charge on any atom is 0.305 e. The van der Waals surface area contributed by atoms with Crippen LogP contribution in [-0.2, 0) is 15.0 Å². The Balaban J connectivity index is 2.93. The molecule has 0 aliphatic rings. The minimum absolute atomic E-state index is 0.0386. The number of rotatable bonds is 7. The minimum Gasteiger partial charge on any atom is -0.481 e. The summed E-state index contributed by atoms with van der Waals surface area (Å²) < 4.78 is 0. The van der Waals surface area contributed by atoms with Gasteiger partial charge >= 0.3 is 5.97 Å². The molecule has 0 heterocycles. The van der Waals surface area contributed by atoms with Gasteiger partial charge in [0.2, 0.25) is 5.91 Å². The second-order valence-corrected chi connectivity index (χ2v) is 7.80. The monoisotopic (exact) mass is 337 g/mol. The number of benzene rings is 1. The van der Waals surface area contributed by atoms with Crippen molar-refractivity contribution in [2.24, 2.45) is 5.92 Å². The number of carboxylic acids is 1. The van der Waals surface area contributed by atoms with E-state index in [0.717, 1.165) is 5.56 Å². The summed E-state index contributed by atoms with van der Waals surface area (Å²) in [6.07, 6.45) is 1.83. The number of nitrogens with one attached hydrogen (secondary N) is 1. The molecule has 1 rings (SSSR count). The Morgan fingerprint density at radius 3 is 2.22 bits per heavy atom. The van der Waals surface area contributed by atoms with Gasteiger partial charge in [-0.05, 0) is 22.8 Å². The van der Waals surface area contributed by atoms with Gasteiger partial charge in [-0.2, -0.15) is 11.8 Å². The van der Waals surface area contributed by atoms with E-state index in [2.05, 4.69) is 26.1 Å². The highest BCUT2D eigenvalue weighted by molar-refractivity contribution is 7.98. The van der Waals surface area contributed by atoms with Crippen molar-refractivity contribution in [1.29, 1.82) is 0 Å². The van der Waals surface area contributed by atoms with Gasteiger partial charge in [-0.3, -0.25) is 9.59 Å². The highest BCUT2D eigenvalue weighted by Gasteiger charge is 2.22. The van der Waals surface area contributed by atoms with Gasteiger partial charge in [0, 0.05) is 11.7 Å². The van der Waals surface area contributed by atoms with E-state index >= 15 is 0 Å². The molecule has 1 amide bonds. The Bertz CT molecular complexity index is 534. The maximum absolute atomic E-state index is 12.2. The number of aliphatic carboxylic acids is 1. The fraction of sp³-hybridized carbons (Fsp3) is 0.556. The molecule has 2 unspecified atom stereocenters. The lowest BCUT2D eigenvalue weighted by Gasteiger charge is -2.22. The van der Waals surface area contributed by atoms with E-state index in [1.165, 1.54) is 5.56 Å². The van der Waals surface area contributed by atoms with Gasteiger partial charge < -0.3 is 10.4 Å². The predicted octanol–water partition coefficient (Wildman–Crippen LogP) is 3.62. The lowest BCUT2D eigenvalue weighted by atomic mass is 9.86. The standard InChI is InChI=1S/C18H27NO3S/c1-12(11-23-5)17(22)19-15(10-16(20)21)13-6-8-14(9-7-13)18(2,3)4/h6-9,12,15H,10-11H2,1-5H3,(H,19,22)(H,20,21). The van der Waals surface area contributed by atoms with E-state index in [0.29, 0.717) is 5.75 Å². The summed E-state index contributed by atoms with van der Waals surface area (Å²) in [6, 6.07) is 7.32. The Morgan fingerprint density at radius 2 is 1.78 bits per heavy atom. The van der Waals surface area contributed by atoms with Gasteiger partial charge in [0.05, 0.1) is 12.5 Å². The van der Waals surface area contributed by atoms with Crippen LogP contribution >= 0.6 is 11.8 Å². The second kappa shape index (κ2) is 8.39. The Morgan fingerprint density at radius 1 is 1.22 bits per heavy atom. The molecule has 0 aromatic heterocycles. The zero-order valence-corrected chi connectivity index (χ0v) is 15.4. The summed E-state index contributed by atoms with van der Waals surface area (Å²) in [5.74, 6) is -0.456. The molecule has 5 heteroatoms. The number of thioether (sulfide) groups is 1. The molecule has 0 bridgehead atoms. The first kappa shape index (κ1) is 19.6. The summed E-state index contributed by atoms with van der Waals surface area (Å²) in [4.78, 5) is 23.3. The summed E-state index contributed by atoms with van der Waals surface area (Å²) in [5, 5.41) is 12.0. The number of carboxylic acid groups (broad SMARTS) is 1.